The summed E-state index contributed by atoms with van der Waals surface area (Å²) in [4.78, 5) is 24.7. The van der Waals surface area contributed by atoms with Crippen molar-refractivity contribution in [3.8, 4) is 0 Å². The number of piperidine rings is 1. The number of carboxylic acid groups (broad SMARTS) is 1. The Bertz CT molecular complexity index is 305. The first kappa shape index (κ1) is 14.8. The lowest BCUT2D eigenvalue weighted by molar-refractivity contribution is -0.143. The summed E-state index contributed by atoms with van der Waals surface area (Å²) < 4.78 is 0. The molecule has 0 aromatic carbocycles. The molecule has 5 nitrogen and oxygen atoms in total. The molecule has 1 aliphatic heterocycles. The van der Waals surface area contributed by atoms with E-state index < -0.39 is 12.0 Å². The molecule has 0 aliphatic carbocycles. The Morgan fingerprint density at radius 1 is 1.39 bits per heavy atom. The monoisotopic (exact) mass is 256 g/mol. The van der Waals surface area contributed by atoms with Crippen molar-refractivity contribution in [2.45, 2.75) is 58.5 Å². The highest BCUT2D eigenvalue weighted by Gasteiger charge is 2.32. The van der Waals surface area contributed by atoms with E-state index >= 15 is 0 Å². The molecule has 0 aromatic heterocycles. The molecule has 0 bridgehead atoms. The van der Waals surface area contributed by atoms with Crippen LogP contribution in [0.1, 0.15) is 46.5 Å². The van der Waals surface area contributed by atoms with Crippen molar-refractivity contribution in [2.24, 2.45) is 5.92 Å². The lowest BCUT2D eigenvalue weighted by Gasteiger charge is -2.34. The average Bonchev–Trinajstić information content (AvgIpc) is 2.35. The number of rotatable bonds is 4. The Labute approximate surface area is 109 Å². The van der Waals surface area contributed by atoms with Crippen molar-refractivity contribution in [3.05, 3.63) is 0 Å². The van der Waals surface area contributed by atoms with Crippen molar-refractivity contribution >= 4 is 12.0 Å². The summed E-state index contributed by atoms with van der Waals surface area (Å²) in [6.45, 7) is 6.67. The smallest absolute Gasteiger partial charge is 0.326 e. The van der Waals surface area contributed by atoms with E-state index in [1.807, 2.05) is 6.92 Å². The van der Waals surface area contributed by atoms with Gasteiger partial charge in [0.2, 0.25) is 0 Å². The van der Waals surface area contributed by atoms with Gasteiger partial charge in [-0.3, -0.25) is 0 Å². The van der Waals surface area contributed by atoms with Gasteiger partial charge in [-0.1, -0.05) is 20.8 Å². The predicted octanol–water partition coefficient (Wildman–Crippen LogP) is 2.07. The second-order valence-corrected chi connectivity index (χ2v) is 5.25. The molecule has 1 heterocycles. The van der Waals surface area contributed by atoms with E-state index in [-0.39, 0.29) is 12.1 Å². The topological polar surface area (TPSA) is 69.6 Å². The standard InChI is InChI=1S/C13H24N2O3/c1-4-10(9(2)3)14-13(18)15-8-6-5-7-11(15)12(16)17/h9-11H,4-8H2,1-3H3,(H,14,18)(H,16,17). The van der Waals surface area contributed by atoms with Crippen LogP contribution in [0.2, 0.25) is 0 Å². The second-order valence-electron chi connectivity index (χ2n) is 5.25. The molecule has 0 radical (unpaired) electrons. The van der Waals surface area contributed by atoms with Gasteiger partial charge in [-0.15, -0.1) is 0 Å². The summed E-state index contributed by atoms with van der Waals surface area (Å²) in [7, 11) is 0. The van der Waals surface area contributed by atoms with Crippen LogP contribution in [0.25, 0.3) is 0 Å². The molecule has 0 spiro atoms. The number of carbonyl (C=O) groups is 2. The van der Waals surface area contributed by atoms with Crippen molar-refractivity contribution in [1.82, 2.24) is 10.2 Å². The molecule has 104 valence electrons. The van der Waals surface area contributed by atoms with Gasteiger partial charge in [0.05, 0.1) is 0 Å². The van der Waals surface area contributed by atoms with Gasteiger partial charge in [0.15, 0.2) is 0 Å². The van der Waals surface area contributed by atoms with Gasteiger partial charge < -0.3 is 15.3 Å². The van der Waals surface area contributed by atoms with Crippen molar-refractivity contribution in [3.63, 3.8) is 0 Å². The summed E-state index contributed by atoms with van der Waals surface area (Å²) in [5.41, 5.74) is 0. The molecule has 1 rings (SSSR count). The Morgan fingerprint density at radius 2 is 2.06 bits per heavy atom. The summed E-state index contributed by atoms with van der Waals surface area (Å²) in [6, 6.07) is -0.792. The molecular weight excluding hydrogens is 232 g/mol. The number of nitrogens with zero attached hydrogens (tertiary/aromatic N) is 1. The molecular formula is C13H24N2O3. The number of likely N-dealkylation sites (tertiary alicyclic amines) is 1. The van der Waals surface area contributed by atoms with Gasteiger partial charge in [-0.2, -0.15) is 0 Å². The Hall–Kier alpha value is -1.26. The number of aliphatic carboxylic acids is 1. The Balaban J connectivity index is 2.65. The maximum atomic E-state index is 12.1. The molecule has 2 amide bonds. The van der Waals surface area contributed by atoms with E-state index in [4.69, 9.17) is 5.11 Å². The molecule has 1 aliphatic rings. The average molecular weight is 256 g/mol. The quantitative estimate of drug-likeness (QED) is 0.809. The first-order valence-electron chi connectivity index (χ1n) is 6.77. The number of nitrogens with one attached hydrogen (secondary N) is 1. The van der Waals surface area contributed by atoms with E-state index in [2.05, 4.69) is 19.2 Å². The van der Waals surface area contributed by atoms with Crippen LogP contribution in [0, 0.1) is 5.92 Å². The maximum Gasteiger partial charge on any atom is 0.326 e. The zero-order valence-electron chi connectivity index (χ0n) is 11.5. The van der Waals surface area contributed by atoms with Crippen LogP contribution < -0.4 is 5.32 Å². The lowest BCUT2D eigenvalue weighted by Crippen LogP contribution is -2.54. The molecule has 1 fully saturated rings. The first-order valence-corrected chi connectivity index (χ1v) is 6.77. The summed E-state index contributed by atoms with van der Waals surface area (Å²) in [6.07, 6.45) is 3.17. The maximum absolute atomic E-state index is 12.1. The molecule has 2 atom stereocenters. The van der Waals surface area contributed by atoms with E-state index in [0.717, 1.165) is 19.3 Å². The number of hydrogen-bond donors (Lipinski definition) is 2. The highest BCUT2D eigenvalue weighted by Crippen LogP contribution is 2.18. The number of carboxylic acids is 1. The van der Waals surface area contributed by atoms with Crippen molar-refractivity contribution in [1.29, 1.82) is 0 Å². The van der Waals surface area contributed by atoms with E-state index in [1.54, 1.807) is 0 Å². The molecule has 0 saturated carbocycles. The third-order valence-corrected chi connectivity index (χ3v) is 3.60. The van der Waals surface area contributed by atoms with Crippen LogP contribution >= 0.6 is 0 Å². The third-order valence-electron chi connectivity index (χ3n) is 3.60. The van der Waals surface area contributed by atoms with E-state index in [9.17, 15) is 9.59 Å². The summed E-state index contributed by atoms with van der Waals surface area (Å²) in [5.74, 6) is -0.547. The van der Waals surface area contributed by atoms with Crippen LogP contribution in [0.3, 0.4) is 0 Å². The number of carbonyl (C=O) groups excluding carboxylic acids is 1. The zero-order chi connectivity index (χ0) is 13.7. The van der Waals surface area contributed by atoms with E-state index in [1.165, 1.54) is 4.90 Å². The minimum atomic E-state index is -0.901. The van der Waals surface area contributed by atoms with Crippen LogP contribution in [-0.4, -0.2) is 40.6 Å². The van der Waals surface area contributed by atoms with Crippen LogP contribution in [-0.2, 0) is 4.79 Å². The van der Waals surface area contributed by atoms with Crippen molar-refractivity contribution < 1.29 is 14.7 Å². The highest BCUT2D eigenvalue weighted by atomic mass is 16.4. The first-order chi connectivity index (χ1) is 8.47. The van der Waals surface area contributed by atoms with Crippen LogP contribution in [0.4, 0.5) is 4.79 Å². The van der Waals surface area contributed by atoms with Gasteiger partial charge in [0.1, 0.15) is 6.04 Å². The van der Waals surface area contributed by atoms with Gasteiger partial charge in [0.25, 0.3) is 0 Å². The Morgan fingerprint density at radius 3 is 2.56 bits per heavy atom. The fraction of sp³-hybridized carbons (Fsp3) is 0.846. The van der Waals surface area contributed by atoms with Gasteiger partial charge in [-0.05, 0) is 31.6 Å². The molecule has 18 heavy (non-hydrogen) atoms. The molecule has 0 aromatic rings. The van der Waals surface area contributed by atoms with E-state index in [0.29, 0.717) is 18.9 Å². The Kier molecular flexibility index (Phi) is 5.44. The minimum Gasteiger partial charge on any atom is -0.480 e. The second kappa shape index (κ2) is 6.61. The molecule has 5 heteroatoms. The predicted molar refractivity (Wildman–Crippen MR) is 69.4 cm³/mol. The molecule has 2 N–H and O–H groups in total. The van der Waals surface area contributed by atoms with Crippen molar-refractivity contribution in [2.75, 3.05) is 6.54 Å². The number of urea groups is 1. The largest absolute Gasteiger partial charge is 0.480 e. The zero-order valence-corrected chi connectivity index (χ0v) is 11.5. The molecule has 1 saturated heterocycles. The fourth-order valence-corrected chi connectivity index (χ4v) is 2.41. The number of hydrogen-bond acceptors (Lipinski definition) is 2. The summed E-state index contributed by atoms with van der Waals surface area (Å²) in [5, 5.41) is 12.1. The molecule has 2 unspecified atom stereocenters. The lowest BCUT2D eigenvalue weighted by atomic mass is 10.0. The SMILES string of the molecule is CCC(NC(=O)N1CCCCC1C(=O)O)C(C)C. The van der Waals surface area contributed by atoms with Gasteiger partial charge in [0, 0.05) is 12.6 Å². The van der Waals surface area contributed by atoms with Gasteiger partial charge in [-0.25, -0.2) is 9.59 Å². The number of amides is 2. The normalized spacial score (nSPS) is 21.8. The third kappa shape index (κ3) is 3.62. The van der Waals surface area contributed by atoms with Crippen LogP contribution in [0.15, 0.2) is 0 Å². The van der Waals surface area contributed by atoms with Crippen LogP contribution in [0.5, 0.6) is 0 Å². The summed E-state index contributed by atoms with van der Waals surface area (Å²) >= 11 is 0. The van der Waals surface area contributed by atoms with Gasteiger partial charge >= 0.3 is 12.0 Å². The minimum absolute atomic E-state index is 0.105. The fourth-order valence-electron chi connectivity index (χ4n) is 2.41. The highest BCUT2D eigenvalue weighted by molar-refractivity contribution is 5.83.